The van der Waals surface area contributed by atoms with E-state index in [0.29, 0.717) is 21.7 Å². The number of para-hydroxylation sites is 1. The van der Waals surface area contributed by atoms with E-state index in [4.69, 9.17) is 23.2 Å². The number of rotatable bonds is 9. The summed E-state index contributed by atoms with van der Waals surface area (Å²) in [4.78, 5) is 39.4. The van der Waals surface area contributed by atoms with Gasteiger partial charge in [0.1, 0.15) is 5.70 Å². The number of carbonyl (C=O) groups excluding carboxylic acids is 3. The predicted octanol–water partition coefficient (Wildman–Crippen LogP) is 8.54. The molecule has 0 aliphatic heterocycles. The number of nitrogens with one attached hydrogen (secondary N) is 3. The highest BCUT2D eigenvalue weighted by molar-refractivity contribution is 8.00. The second-order valence-corrected chi connectivity index (χ2v) is 11.5. The smallest absolute Gasteiger partial charge is 0.325 e. The van der Waals surface area contributed by atoms with Gasteiger partial charge < -0.3 is 16.0 Å². The lowest BCUT2D eigenvalue weighted by atomic mass is 10.1. The summed E-state index contributed by atoms with van der Waals surface area (Å²) in [6.45, 7) is 1.57. The Kier molecular flexibility index (Phi) is 10.7. The van der Waals surface area contributed by atoms with Gasteiger partial charge in [-0.05, 0) is 73.2 Å². The highest BCUT2D eigenvalue weighted by Crippen LogP contribution is 2.35. The molecule has 0 aromatic heterocycles. The summed E-state index contributed by atoms with van der Waals surface area (Å²) in [5, 5.41) is 7.43. The molecule has 0 aliphatic carbocycles. The van der Waals surface area contributed by atoms with Crippen LogP contribution in [0.25, 0.3) is 6.08 Å². The number of halogens is 5. The predicted molar refractivity (Wildman–Crippen MR) is 169 cm³/mol. The third-order valence-electron chi connectivity index (χ3n) is 6.09. The Hall–Kier alpha value is -4.25. The molecule has 1 atom stereocenters. The standard InChI is InChI=1S/C32H24Cl2F3N3O3S/c1-19(29(41)39-26-13-6-5-11-24(26)32(35,36)37)44-23-16-14-22(15-17-23)38-31(43)27(18-21-10-7-12-25(33)28(21)34)40-30(42)20-8-3-2-4-9-20/h2-19H,1H3,(H,38,43)(H,39,41)(H,40,42)/b27-18-. The molecule has 0 heterocycles. The van der Waals surface area contributed by atoms with Crippen LogP contribution >= 0.6 is 35.0 Å². The van der Waals surface area contributed by atoms with Gasteiger partial charge >= 0.3 is 6.18 Å². The first-order chi connectivity index (χ1) is 20.9. The van der Waals surface area contributed by atoms with Crippen molar-refractivity contribution < 1.29 is 27.6 Å². The lowest BCUT2D eigenvalue weighted by Crippen LogP contribution is -2.30. The molecular formula is C32H24Cl2F3N3O3S. The van der Waals surface area contributed by atoms with Crippen LogP contribution in [-0.2, 0) is 15.8 Å². The summed E-state index contributed by atoms with van der Waals surface area (Å²) in [6.07, 6.45) is -3.20. The Balaban J connectivity index is 1.46. The van der Waals surface area contributed by atoms with Crippen LogP contribution in [0.5, 0.6) is 0 Å². The van der Waals surface area contributed by atoms with Gasteiger partial charge in [0.2, 0.25) is 5.91 Å². The van der Waals surface area contributed by atoms with Crippen molar-refractivity contribution in [3.05, 3.63) is 129 Å². The van der Waals surface area contributed by atoms with Gasteiger partial charge in [0.05, 0.1) is 26.5 Å². The third kappa shape index (κ3) is 8.66. The van der Waals surface area contributed by atoms with Crippen molar-refractivity contribution in [2.75, 3.05) is 10.6 Å². The van der Waals surface area contributed by atoms with Gasteiger partial charge in [-0.2, -0.15) is 13.2 Å². The molecule has 4 rings (SSSR count). The second-order valence-electron chi connectivity index (χ2n) is 9.29. The zero-order valence-corrected chi connectivity index (χ0v) is 25.2. The summed E-state index contributed by atoms with van der Waals surface area (Å²) in [7, 11) is 0. The number of benzene rings is 4. The molecule has 0 saturated carbocycles. The summed E-state index contributed by atoms with van der Waals surface area (Å²) in [5.74, 6) is -1.75. The van der Waals surface area contributed by atoms with Crippen LogP contribution in [0.3, 0.4) is 0 Å². The van der Waals surface area contributed by atoms with E-state index in [1.54, 1.807) is 79.7 Å². The minimum Gasteiger partial charge on any atom is -0.325 e. The first-order valence-corrected chi connectivity index (χ1v) is 14.6. The average Bonchev–Trinajstić information content (AvgIpc) is 3.00. The van der Waals surface area contributed by atoms with E-state index >= 15 is 0 Å². The molecule has 6 nitrogen and oxygen atoms in total. The van der Waals surface area contributed by atoms with Crippen LogP contribution in [-0.4, -0.2) is 23.0 Å². The van der Waals surface area contributed by atoms with E-state index in [1.807, 2.05) is 0 Å². The molecule has 4 aromatic carbocycles. The van der Waals surface area contributed by atoms with Crippen LogP contribution in [0.4, 0.5) is 24.5 Å². The van der Waals surface area contributed by atoms with E-state index in [9.17, 15) is 27.6 Å². The highest BCUT2D eigenvalue weighted by Gasteiger charge is 2.34. The van der Waals surface area contributed by atoms with Crippen LogP contribution in [0.2, 0.25) is 10.0 Å². The van der Waals surface area contributed by atoms with Gasteiger partial charge in [0, 0.05) is 16.1 Å². The van der Waals surface area contributed by atoms with Crippen LogP contribution in [0.1, 0.15) is 28.4 Å². The topological polar surface area (TPSA) is 87.3 Å². The molecule has 0 aliphatic rings. The van der Waals surface area contributed by atoms with E-state index in [2.05, 4.69) is 16.0 Å². The number of amides is 3. The Morgan fingerprint density at radius 3 is 2.16 bits per heavy atom. The Bertz CT molecular complexity index is 1700. The summed E-state index contributed by atoms with van der Waals surface area (Å²) < 4.78 is 39.9. The van der Waals surface area contributed by atoms with Crippen molar-refractivity contribution in [3.8, 4) is 0 Å². The van der Waals surface area contributed by atoms with Crippen molar-refractivity contribution in [1.29, 1.82) is 0 Å². The first-order valence-electron chi connectivity index (χ1n) is 13.0. The molecule has 0 saturated heterocycles. The minimum absolute atomic E-state index is 0.0918. The summed E-state index contributed by atoms with van der Waals surface area (Å²) in [6, 6.07) is 24.5. The quantitative estimate of drug-likeness (QED) is 0.124. The van der Waals surface area contributed by atoms with E-state index in [-0.39, 0.29) is 21.4 Å². The van der Waals surface area contributed by atoms with Crippen molar-refractivity contribution >= 4 is 70.1 Å². The van der Waals surface area contributed by atoms with Gasteiger partial charge in [-0.3, -0.25) is 14.4 Å². The molecular weight excluding hydrogens is 634 g/mol. The van der Waals surface area contributed by atoms with Gasteiger partial charge in [-0.1, -0.05) is 65.7 Å². The summed E-state index contributed by atoms with van der Waals surface area (Å²) >= 11 is 13.6. The normalized spacial score (nSPS) is 12.3. The molecule has 4 aromatic rings. The molecule has 3 amide bonds. The zero-order chi connectivity index (χ0) is 31.9. The Morgan fingerprint density at radius 1 is 0.818 bits per heavy atom. The number of anilines is 2. The van der Waals surface area contributed by atoms with E-state index in [1.165, 1.54) is 24.3 Å². The van der Waals surface area contributed by atoms with Crippen molar-refractivity contribution in [2.45, 2.75) is 23.2 Å². The molecule has 12 heteroatoms. The van der Waals surface area contributed by atoms with Gasteiger partial charge in [-0.15, -0.1) is 11.8 Å². The molecule has 0 radical (unpaired) electrons. The lowest BCUT2D eigenvalue weighted by Gasteiger charge is -2.16. The SMILES string of the molecule is CC(Sc1ccc(NC(=O)/C(=C/c2cccc(Cl)c2Cl)NC(=O)c2ccccc2)cc1)C(=O)Nc1ccccc1C(F)(F)F. The maximum Gasteiger partial charge on any atom is 0.418 e. The Labute approximate surface area is 265 Å². The molecule has 0 bridgehead atoms. The molecule has 0 fully saturated rings. The van der Waals surface area contributed by atoms with Crippen LogP contribution < -0.4 is 16.0 Å². The number of alkyl halides is 3. The van der Waals surface area contributed by atoms with Crippen LogP contribution in [0.15, 0.2) is 108 Å². The lowest BCUT2D eigenvalue weighted by molar-refractivity contribution is -0.137. The van der Waals surface area contributed by atoms with Crippen LogP contribution in [0, 0.1) is 0 Å². The monoisotopic (exact) mass is 657 g/mol. The summed E-state index contributed by atoms with van der Waals surface area (Å²) in [5.41, 5.74) is -0.215. The van der Waals surface area contributed by atoms with Gasteiger partial charge in [-0.25, -0.2) is 0 Å². The maximum absolute atomic E-state index is 13.3. The largest absolute Gasteiger partial charge is 0.418 e. The Morgan fingerprint density at radius 2 is 1.48 bits per heavy atom. The molecule has 1 unspecified atom stereocenters. The molecule has 0 spiro atoms. The van der Waals surface area contributed by atoms with Crippen molar-refractivity contribution in [1.82, 2.24) is 5.32 Å². The third-order valence-corrected chi connectivity index (χ3v) is 8.04. The number of hydrogen-bond donors (Lipinski definition) is 3. The fraction of sp³-hybridized carbons (Fsp3) is 0.0938. The highest BCUT2D eigenvalue weighted by atomic mass is 35.5. The van der Waals surface area contributed by atoms with Crippen molar-refractivity contribution in [2.24, 2.45) is 0 Å². The number of hydrogen-bond acceptors (Lipinski definition) is 4. The minimum atomic E-state index is -4.61. The number of carbonyl (C=O) groups is 3. The van der Waals surface area contributed by atoms with Crippen molar-refractivity contribution in [3.63, 3.8) is 0 Å². The molecule has 44 heavy (non-hydrogen) atoms. The van der Waals surface area contributed by atoms with Gasteiger partial charge in [0.15, 0.2) is 0 Å². The van der Waals surface area contributed by atoms with E-state index in [0.717, 1.165) is 17.8 Å². The zero-order valence-electron chi connectivity index (χ0n) is 22.9. The van der Waals surface area contributed by atoms with Gasteiger partial charge in [0.25, 0.3) is 11.8 Å². The number of thioether (sulfide) groups is 1. The molecule has 226 valence electrons. The fourth-order valence-electron chi connectivity index (χ4n) is 3.88. The first kappa shape index (κ1) is 32.7. The second kappa shape index (κ2) is 14.5. The maximum atomic E-state index is 13.3. The fourth-order valence-corrected chi connectivity index (χ4v) is 5.11. The van der Waals surface area contributed by atoms with E-state index < -0.39 is 34.7 Å². The molecule has 3 N–H and O–H groups in total. The average molecular weight is 659 g/mol.